The van der Waals surface area contributed by atoms with Gasteiger partial charge in [-0.25, -0.2) is 0 Å². The van der Waals surface area contributed by atoms with Gasteiger partial charge in [-0.15, -0.1) is 23.0 Å². The van der Waals surface area contributed by atoms with E-state index in [-0.39, 0.29) is 73.6 Å². The van der Waals surface area contributed by atoms with Crippen molar-refractivity contribution in [3.05, 3.63) is 175 Å². The molecule has 0 atom stereocenters. The fourth-order valence-corrected chi connectivity index (χ4v) is 6.63. The minimum absolute atomic E-state index is 0. The van der Waals surface area contributed by atoms with Crippen LogP contribution in [0.1, 0.15) is 78.1 Å². The van der Waals surface area contributed by atoms with Crippen molar-refractivity contribution in [1.29, 1.82) is 0 Å². The maximum atomic E-state index is 12.5. The number of rotatable bonds is 12. The van der Waals surface area contributed by atoms with Crippen LogP contribution < -0.4 is 20.4 Å². The zero-order valence-electron chi connectivity index (χ0n) is 36.0. The number of benzene rings is 4. The Labute approximate surface area is 382 Å². The van der Waals surface area contributed by atoms with E-state index in [4.69, 9.17) is 0 Å². The summed E-state index contributed by atoms with van der Waals surface area (Å²) >= 11 is 0. The van der Waals surface area contributed by atoms with Crippen LogP contribution in [-0.4, -0.2) is 36.2 Å². The fourth-order valence-electron chi connectivity index (χ4n) is 6.63. The summed E-state index contributed by atoms with van der Waals surface area (Å²) < 4.78 is 0. The minimum atomic E-state index is 0. The van der Waals surface area contributed by atoms with Gasteiger partial charge in [0.25, 0.3) is 0 Å². The molecular formula is C48H58Cu2N4O7. The molecule has 2 radical (unpaired) electrons. The largest absolute Gasteiger partial charge is 2.00 e. The number of pyridine rings is 2. The number of aromatic nitrogens is 2. The zero-order valence-corrected chi connectivity index (χ0v) is 37.9. The average molecular weight is 930 g/mol. The summed E-state index contributed by atoms with van der Waals surface area (Å²) in [5.74, 6) is 0.154. The third kappa shape index (κ3) is 15.9. The van der Waals surface area contributed by atoms with Gasteiger partial charge >= 0.3 is 34.1 Å². The molecule has 0 aliphatic rings. The molecule has 0 saturated carbocycles. The zero-order chi connectivity index (χ0) is 40.5. The number of hydrogen-bond donors (Lipinski definition) is 0. The van der Waals surface area contributed by atoms with Crippen LogP contribution in [0.5, 0.6) is 23.0 Å². The van der Waals surface area contributed by atoms with Crippen molar-refractivity contribution < 1.29 is 71.0 Å². The summed E-state index contributed by atoms with van der Waals surface area (Å²) in [5, 5.41) is 50.0. The number of hydrogen-bond acceptors (Lipinski definition) is 8. The van der Waals surface area contributed by atoms with Crippen LogP contribution in [0.2, 0.25) is 0 Å². The molecule has 0 fully saturated rings. The number of nitrogens with zero attached hydrogens (tertiary/aromatic N) is 4. The number of aryl methyl sites for hydroxylation is 8. The second kappa shape index (κ2) is 25.9. The van der Waals surface area contributed by atoms with Gasteiger partial charge < -0.3 is 36.9 Å². The Morgan fingerprint density at radius 2 is 0.590 bits per heavy atom. The Kier molecular flexibility index (Phi) is 23.8. The van der Waals surface area contributed by atoms with E-state index in [2.05, 4.69) is 19.8 Å². The summed E-state index contributed by atoms with van der Waals surface area (Å²) in [4.78, 5) is 13.0. The first kappa shape index (κ1) is 56.2. The normalized spacial score (nSPS) is 10.3. The van der Waals surface area contributed by atoms with Crippen molar-refractivity contribution in [2.45, 2.75) is 94.7 Å². The second-order valence-electron chi connectivity index (χ2n) is 15.1. The summed E-state index contributed by atoms with van der Waals surface area (Å²) in [6, 6.07) is 26.2. The third-order valence-electron chi connectivity index (χ3n) is 10.5. The molecule has 334 valence electrons. The molecule has 2 aromatic heterocycles. The third-order valence-corrected chi connectivity index (χ3v) is 10.5. The molecule has 6 aromatic rings. The molecule has 0 saturated heterocycles. The monoisotopic (exact) mass is 928 g/mol. The molecule has 0 unspecified atom stereocenters. The van der Waals surface area contributed by atoms with Crippen molar-refractivity contribution in [2.24, 2.45) is 0 Å². The van der Waals surface area contributed by atoms with Gasteiger partial charge in [-0.2, -0.15) is 0 Å². The molecule has 6 rings (SSSR count). The molecular weight excluding hydrogens is 872 g/mol. The van der Waals surface area contributed by atoms with Gasteiger partial charge in [-0.05, 0) is 146 Å². The van der Waals surface area contributed by atoms with Gasteiger partial charge in [0.05, 0.1) is 11.4 Å². The molecule has 6 N–H and O–H groups in total. The smallest absolute Gasteiger partial charge is 0.872 e. The predicted octanol–water partition coefficient (Wildman–Crippen LogP) is 4.85. The Morgan fingerprint density at radius 1 is 0.361 bits per heavy atom. The van der Waals surface area contributed by atoms with E-state index in [1.165, 1.54) is 0 Å². The second-order valence-corrected chi connectivity index (χ2v) is 15.1. The van der Waals surface area contributed by atoms with Crippen LogP contribution in [0.4, 0.5) is 0 Å². The molecule has 11 nitrogen and oxygen atoms in total. The molecule has 0 bridgehead atoms. The van der Waals surface area contributed by atoms with E-state index in [9.17, 15) is 20.4 Å². The van der Waals surface area contributed by atoms with Crippen molar-refractivity contribution >= 4 is 0 Å². The molecule has 0 amide bonds. The van der Waals surface area contributed by atoms with Gasteiger partial charge in [-0.1, -0.05) is 60.7 Å². The van der Waals surface area contributed by atoms with E-state index < -0.39 is 0 Å². The molecule has 13 heteroatoms. The van der Waals surface area contributed by atoms with Crippen molar-refractivity contribution in [1.82, 2.24) is 19.8 Å². The summed E-state index contributed by atoms with van der Waals surface area (Å²) in [5.41, 5.74) is 13.2. The summed E-state index contributed by atoms with van der Waals surface area (Å²) in [7, 11) is 0. The van der Waals surface area contributed by atoms with E-state index in [0.29, 0.717) is 39.3 Å². The maximum absolute atomic E-state index is 12.5. The molecule has 4 aromatic carbocycles. The standard InChI is InChI=1S/2C24H28N2O2.2Cu.3H2O/c2*1-16-9-20(23(27)11-18(16)3)13-26(15-22-7-5-6-8-25-22)14-21-10-17(2)19(4)12-24(21)28;;;;;/h2*5-12,27-28H,13-15H2,1-4H3;;;3*1H2/q;;2*+2;;;/p-4. The fraction of sp³-hybridized carbons (Fsp3) is 0.292. The topological polar surface area (TPSA) is 219 Å². The van der Waals surface area contributed by atoms with Crippen LogP contribution >= 0.6 is 0 Å². The average Bonchev–Trinajstić information content (AvgIpc) is 3.15. The molecule has 0 aliphatic heterocycles. The van der Waals surface area contributed by atoms with Crippen LogP contribution in [-0.2, 0) is 73.4 Å². The van der Waals surface area contributed by atoms with Gasteiger partial charge in [0, 0.05) is 51.7 Å². The van der Waals surface area contributed by atoms with E-state index in [1.54, 1.807) is 36.7 Å². The van der Waals surface area contributed by atoms with E-state index in [0.717, 1.165) is 78.1 Å². The quantitative estimate of drug-likeness (QED) is 0.154. The first-order chi connectivity index (χ1) is 26.7. The van der Waals surface area contributed by atoms with E-state index >= 15 is 0 Å². The Bertz CT molecular complexity index is 2000. The minimum Gasteiger partial charge on any atom is -0.872 e. The molecule has 0 aliphatic carbocycles. The van der Waals surface area contributed by atoms with Crippen LogP contribution in [0, 0.1) is 55.4 Å². The Hall–Kier alpha value is -4.78. The van der Waals surface area contributed by atoms with Crippen molar-refractivity contribution in [3.8, 4) is 23.0 Å². The molecule has 0 spiro atoms. The first-order valence-corrected chi connectivity index (χ1v) is 19.0. The summed E-state index contributed by atoms with van der Waals surface area (Å²) in [6.07, 6.45) is 3.52. The molecule has 61 heavy (non-hydrogen) atoms. The van der Waals surface area contributed by atoms with Gasteiger partial charge in [-0.3, -0.25) is 19.8 Å². The predicted molar refractivity (Wildman–Crippen MR) is 227 cm³/mol. The Balaban J connectivity index is 0.00000109. The Morgan fingerprint density at radius 3 is 0.803 bits per heavy atom. The van der Waals surface area contributed by atoms with Crippen LogP contribution in [0.15, 0.2) is 97.3 Å². The summed E-state index contributed by atoms with van der Waals surface area (Å²) in [6.45, 7) is 18.9. The van der Waals surface area contributed by atoms with Gasteiger partial charge in [0.2, 0.25) is 0 Å². The van der Waals surface area contributed by atoms with Gasteiger partial charge in [0.1, 0.15) is 0 Å². The van der Waals surface area contributed by atoms with Crippen LogP contribution in [0.25, 0.3) is 0 Å². The van der Waals surface area contributed by atoms with Gasteiger partial charge in [0.15, 0.2) is 0 Å². The van der Waals surface area contributed by atoms with Crippen LogP contribution in [0.3, 0.4) is 0 Å². The molecule has 2 heterocycles. The van der Waals surface area contributed by atoms with Crippen molar-refractivity contribution in [3.63, 3.8) is 0 Å². The maximum Gasteiger partial charge on any atom is 2.00 e. The van der Waals surface area contributed by atoms with Crippen molar-refractivity contribution in [2.75, 3.05) is 0 Å². The van der Waals surface area contributed by atoms with E-state index in [1.807, 2.05) is 116 Å². The first-order valence-electron chi connectivity index (χ1n) is 19.0. The SMILES string of the molecule is Cc1cc([O-])c(CN(Cc2ccccn2)Cc2cc(C)c(C)cc2[O-])cc1C.Cc1cc([O-])c(CN(Cc2ccccn2)Cc2cc(C)c(C)cc2[O-])cc1C.O.O.O.[Cu+2].[Cu+2].